The zero-order chi connectivity index (χ0) is 48.0. The highest BCUT2D eigenvalue weighted by Crippen LogP contribution is 2.36. The van der Waals surface area contributed by atoms with Crippen LogP contribution in [-0.4, -0.2) is 70.5 Å². The Bertz CT molecular complexity index is 2760. The second-order valence-corrected chi connectivity index (χ2v) is 15.1. The minimum atomic E-state index is -0.789. The molecule has 354 valence electrons. The van der Waals surface area contributed by atoms with Crippen LogP contribution in [0.15, 0.2) is 109 Å². The van der Waals surface area contributed by atoms with Gasteiger partial charge in [-0.05, 0) is 109 Å². The summed E-state index contributed by atoms with van der Waals surface area (Å²) < 4.78 is 41.6. The van der Waals surface area contributed by atoms with Crippen LogP contribution in [0.5, 0.6) is 69.0 Å². The number of phenols is 4. The van der Waals surface area contributed by atoms with Gasteiger partial charge in [0.15, 0.2) is 69.0 Å². The molecule has 0 spiro atoms. The Kier molecular flexibility index (Phi) is 15.5. The van der Waals surface area contributed by atoms with E-state index in [1.165, 1.54) is 30.3 Å². The van der Waals surface area contributed by atoms with Crippen molar-refractivity contribution in [2.24, 2.45) is 0 Å². The van der Waals surface area contributed by atoms with Crippen molar-refractivity contribution in [1.82, 2.24) is 0 Å². The fourth-order valence-corrected chi connectivity index (χ4v) is 6.62. The van der Waals surface area contributed by atoms with E-state index in [4.69, 9.17) is 48.7 Å². The van der Waals surface area contributed by atoms with E-state index in [2.05, 4.69) is 10.6 Å². The molecule has 0 atom stereocenters. The molecule has 6 aromatic rings. The van der Waals surface area contributed by atoms with Crippen molar-refractivity contribution >= 4 is 34.8 Å². The summed E-state index contributed by atoms with van der Waals surface area (Å²) in [7, 11) is 0. The van der Waals surface area contributed by atoms with Crippen LogP contribution in [0.3, 0.4) is 0 Å². The van der Waals surface area contributed by atoms with Gasteiger partial charge >= 0.3 is 5.97 Å². The molecule has 2 amide bonds. The van der Waals surface area contributed by atoms with E-state index in [0.29, 0.717) is 72.4 Å². The number of aliphatic carboxylic acids is 1. The maximum absolute atomic E-state index is 12.1. The Hall–Kier alpha value is -8.87. The third-order valence-electron chi connectivity index (χ3n) is 10.1. The number of hydrogen-bond donors (Lipinski definition) is 8. The van der Waals surface area contributed by atoms with Gasteiger partial charge in [0, 0.05) is 54.5 Å². The van der Waals surface area contributed by atoms with Crippen LogP contribution in [-0.2, 0) is 33.6 Å². The number of carbonyl (C=O) groups excluding carboxylic acids is 2. The van der Waals surface area contributed by atoms with Crippen molar-refractivity contribution in [3.63, 3.8) is 0 Å². The third kappa shape index (κ3) is 13.3. The molecule has 0 radical (unpaired) electrons. The number of carboxylic acid groups (broad SMARTS) is 1. The van der Waals surface area contributed by atoms with Gasteiger partial charge in [-0.1, -0.05) is 18.2 Å². The number of amides is 2. The number of fused-ring (bicyclic) bond motifs is 4. The number of aryl methyl sites for hydroxylation is 3. The molecule has 4 aliphatic rings. The van der Waals surface area contributed by atoms with Crippen molar-refractivity contribution in [2.75, 3.05) is 43.5 Å². The van der Waals surface area contributed by atoms with Gasteiger partial charge in [0.25, 0.3) is 0 Å². The van der Waals surface area contributed by atoms with Gasteiger partial charge in [-0.15, -0.1) is 0 Å². The number of anilines is 3. The summed E-state index contributed by atoms with van der Waals surface area (Å²) in [6, 6.07) is 30.3. The molecule has 4 heterocycles. The zero-order valence-electron chi connectivity index (χ0n) is 36.3. The van der Waals surface area contributed by atoms with E-state index in [-0.39, 0.29) is 68.0 Å². The van der Waals surface area contributed by atoms with E-state index >= 15 is 0 Å². The summed E-state index contributed by atoms with van der Waals surface area (Å²) in [4.78, 5) is 34.2. The molecule has 0 aromatic heterocycles. The molecular weight excluding hydrogens is 887 g/mol. The van der Waals surface area contributed by atoms with Crippen LogP contribution in [0, 0.1) is 0 Å². The Morgan fingerprint density at radius 3 is 1.28 bits per heavy atom. The van der Waals surface area contributed by atoms with E-state index in [0.717, 1.165) is 39.9 Å². The largest absolute Gasteiger partial charge is 0.504 e. The van der Waals surface area contributed by atoms with Crippen LogP contribution in [0.2, 0.25) is 0 Å². The molecular formula is C49H47N3O16. The Labute approximate surface area is 388 Å². The molecule has 0 saturated heterocycles. The lowest BCUT2D eigenvalue weighted by Gasteiger charge is -2.07. The first-order valence-electron chi connectivity index (χ1n) is 21.0. The first kappa shape index (κ1) is 47.1. The number of carboxylic acids is 1. The number of carbonyl (C=O) groups is 3. The lowest BCUT2D eigenvalue weighted by atomic mass is 10.1. The lowest BCUT2D eigenvalue weighted by Crippen LogP contribution is -2.12. The average molecular weight is 934 g/mol. The van der Waals surface area contributed by atoms with Crippen molar-refractivity contribution < 1.29 is 77.8 Å². The maximum Gasteiger partial charge on any atom is 0.303 e. The molecule has 0 unspecified atom stereocenters. The number of phenolic OH excluding ortho intramolecular Hbond substituents is 4. The van der Waals surface area contributed by atoms with Gasteiger partial charge in [0.05, 0.1) is 0 Å². The summed E-state index contributed by atoms with van der Waals surface area (Å²) >= 11 is 0. The molecule has 10 rings (SSSR count). The Morgan fingerprint density at radius 1 is 0.412 bits per heavy atom. The quantitative estimate of drug-likeness (QED) is 0.0361. The molecule has 9 N–H and O–H groups in total. The third-order valence-corrected chi connectivity index (χ3v) is 10.1. The highest BCUT2D eigenvalue weighted by molar-refractivity contribution is 5.92. The fraction of sp³-hybridized carbons (Fsp3) is 0.204. The van der Waals surface area contributed by atoms with Crippen molar-refractivity contribution in [2.45, 2.75) is 38.5 Å². The van der Waals surface area contributed by atoms with Crippen LogP contribution < -0.4 is 54.3 Å². The maximum atomic E-state index is 12.1. The second kappa shape index (κ2) is 22.4. The van der Waals surface area contributed by atoms with Crippen molar-refractivity contribution in [3.05, 3.63) is 126 Å². The summed E-state index contributed by atoms with van der Waals surface area (Å²) in [5, 5.41) is 51.0. The average Bonchev–Trinajstić information content (AvgIpc) is 4.18. The first-order valence-corrected chi connectivity index (χ1v) is 21.0. The molecule has 19 nitrogen and oxygen atoms in total. The SMILES string of the molecule is Nc1ccc2c(c1)OCO2.O=C(CCc1ccc(O)c(O)c1)Nc1ccc(O)c(O)c1.O=C(CCc1ccc2c(c1)OCO2)Nc1ccc2c(c1)OCO2.O=C(O)CCc1ccc2c(c1)OCO2. The predicted molar refractivity (Wildman–Crippen MR) is 244 cm³/mol. The molecule has 0 saturated carbocycles. The number of benzene rings is 6. The minimum Gasteiger partial charge on any atom is -0.504 e. The van der Waals surface area contributed by atoms with Crippen molar-refractivity contribution in [1.29, 1.82) is 0 Å². The Balaban J connectivity index is 0.000000140. The number of nitrogens with two attached hydrogens (primary N) is 1. The van der Waals surface area contributed by atoms with Gasteiger partial charge in [-0.25, -0.2) is 0 Å². The summed E-state index contributed by atoms with van der Waals surface area (Å²) in [6.45, 7) is 1.02. The summed E-state index contributed by atoms with van der Waals surface area (Å²) in [6.07, 6.45) is 2.24. The number of nitrogen functional groups attached to an aromatic ring is 1. The van der Waals surface area contributed by atoms with Crippen LogP contribution in [0.1, 0.15) is 36.0 Å². The summed E-state index contributed by atoms with van der Waals surface area (Å²) in [5.41, 5.74) is 9.98. The Morgan fingerprint density at radius 2 is 0.779 bits per heavy atom. The molecule has 6 aromatic carbocycles. The van der Waals surface area contributed by atoms with Crippen molar-refractivity contribution in [3.8, 4) is 69.0 Å². The van der Waals surface area contributed by atoms with Gasteiger partial charge in [0.1, 0.15) is 0 Å². The summed E-state index contributed by atoms with van der Waals surface area (Å²) in [5.74, 6) is 3.66. The highest BCUT2D eigenvalue weighted by Gasteiger charge is 2.17. The molecule has 19 heteroatoms. The lowest BCUT2D eigenvalue weighted by molar-refractivity contribution is -0.137. The zero-order valence-corrected chi connectivity index (χ0v) is 36.3. The molecule has 0 bridgehead atoms. The molecule has 68 heavy (non-hydrogen) atoms. The minimum absolute atomic E-state index is 0.0541. The van der Waals surface area contributed by atoms with E-state index in [9.17, 15) is 34.8 Å². The van der Waals surface area contributed by atoms with Gasteiger partial charge in [0.2, 0.25) is 39.0 Å². The normalized spacial score (nSPS) is 12.5. The first-order chi connectivity index (χ1) is 32.8. The van der Waals surface area contributed by atoms with Gasteiger partial charge in [-0.3, -0.25) is 14.4 Å². The number of aromatic hydroxyl groups is 4. The number of ether oxygens (including phenoxy) is 8. The standard InChI is InChI=1S/C17H15NO5.C15H15NO5.C10H10O4.C7H7NO2/c19-17(18-12-3-5-14-16(8-12)23-10-21-14)6-2-11-1-4-13-15(7-11)22-9-20-13;17-11-4-1-9(7-13(11)19)2-6-15(21)16-10-3-5-12(18)14(20)8-10;11-10(12)4-2-7-1-3-8-9(5-7)14-6-13-8;8-5-1-2-6-7(3-5)10-4-9-6/h1,3-5,7-8H,2,6,9-10H2,(H,18,19);1,3-5,7-8,17-20H,2,6H2,(H,16,21);1,3,5H,2,4,6H2,(H,11,12);1-3H,4,8H2. The second-order valence-electron chi connectivity index (χ2n) is 15.1. The topological polar surface area (TPSA) is 276 Å². The molecule has 0 aliphatic carbocycles. The molecule has 4 aliphatic heterocycles. The van der Waals surface area contributed by atoms with Crippen LogP contribution >= 0.6 is 0 Å². The molecule has 0 fully saturated rings. The van der Waals surface area contributed by atoms with Gasteiger partial charge in [-0.2, -0.15) is 0 Å². The van der Waals surface area contributed by atoms with Crippen LogP contribution in [0.4, 0.5) is 17.1 Å². The number of nitrogens with one attached hydrogen (secondary N) is 2. The smallest absolute Gasteiger partial charge is 0.303 e. The van der Waals surface area contributed by atoms with E-state index in [1.54, 1.807) is 48.5 Å². The van der Waals surface area contributed by atoms with Gasteiger partial charge < -0.3 is 79.8 Å². The number of rotatable bonds is 11. The van der Waals surface area contributed by atoms with E-state index < -0.39 is 5.97 Å². The monoisotopic (exact) mass is 933 g/mol. The highest BCUT2D eigenvalue weighted by atomic mass is 16.7. The fourth-order valence-electron chi connectivity index (χ4n) is 6.62. The van der Waals surface area contributed by atoms with E-state index in [1.807, 2.05) is 30.3 Å². The number of hydrogen-bond acceptors (Lipinski definition) is 16. The predicted octanol–water partition coefficient (Wildman–Crippen LogP) is 7.23. The van der Waals surface area contributed by atoms with Crippen LogP contribution in [0.25, 0.3) is 0 Å².